The highest BCUT2D eigenvalue weighted by atomic mass is 35.5. The van der Waals surface area contributed by atoms with Crippen LogP contribution in [0.25, 0.3) is 0 Å². The number of hydrogen-bond acceptors (Lipinski definition) is 1. The maximum absolute atomic E-state index is 6.14. The second-order valence-electron chi connectivity index (χ2n) is 4.93. The Morgan fingerprint density at radius 2 is 1.79 bits per heavy atom. The van der Waals surface area contributed by atoms with Crippen molar-refractivity contribution >= 4 is 17.3 Å². The van der Waals surface area contributed by atoms with Crippen LogP contribution >= 0.6 is 11.6 Å². The SMILES string of the molecule is CCc1ccc(C(C)Nc2ccc(C)c(Cl)c2)cc1. The van der Waals surface area contributed by atoms with Crippen LogP contribution in [0.2, 0.25) is 5.02 Å². The molecule has 0 aliphatic rings. The fraction of sp³-hybridized carbons (Fsp3) is 0.294. The molecule has 2 aromatic rings. The van der Waals surface area contributed by atoms with Crippen LogP contribution in [-0.2, 0) is 6.42 Å². The largest absolute Gasteiger partial charge is 0.378 e. The molecule has 0 saturated heterocycles. The molecule has 0 saturated carbocycles. The van der Waals surface area contributed by atoms with Gasteiger partial charge in [0.2, 0.25) is 0 Å². The van der Waals surface area contributed by atoms with Gasteiger partial charge in [0.15, 0.2) is 0 Å². The first kappa shape index (κ1) is 14.0. The van der Waals surface area contributed by atoms with E-state index in [9.17, 15) is 0 Å². The lowest BCUT2D eigenvalue weighted by molar-refractivity contribution is 0.882. The number of nitrogens with one attached hydrogen (secondary N) is 1. The molecule has 0 heterocycles. The topological polar surface area (TPSA) is 12.0 Å². The second kappa shape index (κ2) is 6.12. The Hall–Kier alpha value is -1.47. The molecule has 2 heteroatoms. The molecule has 0 spiro atoms. The molecule has 0 amide bonds. The number of aryl methyl sites for hydroxylation is 2. The summed E-state index contributed by atoms with van der Waals surface area (Å²) in [5.41, 5.74) is 4.82. The monoisotopic (exact) mass is 273 g/mol. The Kier molecular flexibility index (Phi) is 4.49. The van der Waals surface area contributed by atoms with Crippen LogP contribution in [0.3, 0.4) is 0 Å². The molecule has 100 valence electrons. The summed E-state index contributed by atoms with van der Waals surface area (Å²) in [6, 6.07) is 15.1. The minimum Gasteiger partial charge on any atom is -0.378 e. The number of hydrogen-bond donors (Lipinski definition) is 1. The van der Waals surface area contributed by atoms with E-state index in [2.05, 4.69) is 49.5 Å². The first-order valence-electron chi connectivity index (χ1n) is 6.71. The van der Waals surface area contributed by atoms with Gasteiger partial charge in [-0.15, -0.1) is 0 Å². The van der Waals surface area contributed by atoms with Gasteiger partial charge in [-0.25, -0.2) is 0 Å². The van der Waals surface area contributed by atoms with Gasteiger partial charge in [-0.2, -0.15) is 0 Å². The molecule has 2 rings (SSSR count). The van der Waals surface area contributed by atoms with Gasteiger partial charge in [-0.3, -0.25) is 0 Å². The van der Waals surface area contributed by atoms with Gasteiger partial charge in [0, 0.05) is 16.8 Å². The Balaban J connectivity index is 2.10. The van der Waals surface area contributed by atoms with Gasteiger partial charge in [-0.05, 0) is 49.1 Å². The standard InChI is InChI=1S/C17H20ClN/c1-4-14-6-8-15(9-7-14)13(3)19-16-10-5-12(2)17(18)11-16/h5-11,13,19H,4H2,1-3H3. The van der Waals surface area contributed by atoms with E-state index in [1.165, 1.54) is 11.1 Å². The summed E-state index contributed by atoms with van der Waals surface area (Å²) in [5.74, 6) is 0. The predicted molar refractivity (Wildman–Crippen MR) is 84.0 cm³/mol. The van der Waals surface area contributed by atoms with Crippen LogP contribution in [0.1, 0.15) is 36.6 Å². The van der Waals surface area contributed by atoms with Crippen molar-refractivity contribution in [3.8, 4) is 0 Å². The van der Waals surface area contributed by atoms with Gasteiger partial charge < -0.3 is 5.32 Å². The van der Waals surface area contributed by atoms with Gasteiger partial charge in [0.25, 0.3) is 0 Å². The zero-order valence-electron chi connectivity index (χ0n) is 11.7. The summed E-state index contributed by atoms with van der Waals surface area (Å²) >= 11 is 6.14. The molecule has 0 aliphatic heterocycles. The van der Waals surface area contributed by atoms with E-state index < -0.39 is 0 Å². The second-order valence-corrected chi connectivity index (χ2v) is 5.33. The van der Waals surface area contributed by atoms with Crippen LogP contribution in [0.5, 0.6) is 0 Å². The van der Waals surface area contributed by atoms with Crippen molar-refractivity contribution < 1.29 is 0 Å². The third-order valence-corrected chi connectivity index (χ3v) is 3.85. The van der Waals surface area contributed by atoms with Crippen LogP contribution in [0.4, 0.5) is 5.69 Å². The zero-order valence-corrected chi connectivity index (χ0v) is 12.5. The molecule has 1 N–H and O–H groups in total. The molecule has 0 bridgehead atoms. The molecule has 2 aromatic carbocycles. The van der Waals surface area contributed by atoms with Crippen LogP contribution in [0.15, 0.2) is 42.5 Å². The molecule has 0 radical (unpaired) electrons. The summed E-state index contributed by atoms with van der Waals surface area (Å²) in [5, 5.41) is 4.28. The van der Waals surface area contributed by atoms with Crippen LogP contribution in [0, 0.1) is 6.92 Å². The normalized spacial score (nSPS) is 12.2. The average molecular weight is 274 g/mol. The smallest absolute Gasteiger partial charge is 0.0485 e. The van der Waals surface area contributed by atoms with Crippen molar-refractivity contribution in [2.75, 3.05) is 5.32 Å². The van der Waals surface area contributed by atoms with E-state index in [1.54, 1.807) is 0 Å². The van der Waals surface area contributed by atoms with Crippen molar-refractivity contribution in [1.29, 1.82) is 0 Å². The van der Waals surface area contributed by atoms with E-state index in [4.69, 9.17) is 11.6 Å². The van der Waals surface area contributed by atoms with E-state index in [0.29, 0.717) is 0 Å². The fourth-order valence-corrected chi connectivity index (χ4v) is 2.24. The van der Waals surface area contributed by atoms with Crippen molar-refractivity contribution in [2.24, 2.45) is 0 Å². The lowest BCUT2D eigenvalue weighted by Gasteiger charge is -2.16. The van der Waals surface area contributed by atoms with Crippen molar-refractivity contribution in [3.05, 3.63) is 64.2 Å². The molecular weight excluding hydrogens is 254 g/mol. The minimum absolute atomic E-state index is 0.268. The van der Waals surface area contributed by atoms with Gasteiger partial charge >= 0.3 is 0 Å². The number of halogens is 1. The molecule has 0 aliphatic carbocycles. The van der Waals surface area contributed by atoms with Gasteiger partial charge in [0.1, 0.15) is 0 Å². The van der Waals surface area contributed by atoms with Crippen LogP contribution in [-0.4, -0.2) is 0 Å². The number of rotatable bonds is 4. The quantitative estimate of drug-likeness (QED) is 0.788. The highest BCUT2D eigenvalue weighted by Gasteiger charge is 2.06. The molecular formula is C17H20ClN. The summed E-state index contributed by atoms with van der Waals surface area (Å²) in [6.45, 7) is 6.35. The third kappa shape index (κ3) is 3.51. The van der Waals surface area contributed by atoms with E-state index in [1.807, 2.05) is 19.1 Å². The summed E-state index contributed by atoms with van der Waals surface area (Å²) in [7, 11) is 0. The Morgan fingerprint density at radius 3 is 2.37 bits per heavy atom. The van der Waals surface area contributed by atoms with E-state index in [0.717, 1.165) is 22.7 Å². The lowest BCUT2D eigenvalue weighted by atomic mass is 10.0. The van der Waals surface area contributed by atoms with Gasteiger partial charge in [-0.1, -0.05) is 48.9 Å². The van der Waals surface area contributed by atoms with E-state index in [-0.39, 0.29) is 6.04 Å². The lowest BCUT2D eigenvalue weighted by Crippen LogP contribution is -2.06. The highest BCUT2D eigenvalue weighted by molar-refractivity contribution is 6.31. The van der Waals surface area contributed by atoms with Crippen LogP contribution < -0.4 is 5.32 Å². The first-order valence-corrected chi connectivity index (χ1v) is 7.09. The fourth-order valence-electron chi connectivity index (χ4n) is 2.06. The van der Waals surface area contributed by atoms with Gasteiger partial charge in [0.05, 0.1) is 0 Å². The molecule has 0 aromatic heterocycles. The molecule has 0 fully saturated rings. The zero-order chi connectivity index (χ0) is 13.8. The Bertz CT molecular complexity index is 546. The predicted octanol–water partition coefficient (Wildman–Crippen LogP) is 5.38. The Labute approximate surface area is 120 Å². The average Bonchev–Trinajstić information content (AvgIpc) is 2.43. The summed E-state index contributed by atoms with van der Waals surface area (Å²) in [6.07, 6.45) is 1.08. The molecule has 1 unspecified atom stereocenters. The molecule has 19 heavy (non-hydrogen) atoms. The maximum Gasteiger partial charge on any atom is 0.0485 e. The highest BCUT2D eigenvalue weighted by Crippen LogP contribution is 2.24. The maximum atomic E-state index is 6.14. The molecule has 1 nitrogen and oxygen atoms in total. The van der Waals surface area contributed by atoms with Crippen molar-refractivity contribution in [2.45, 2.75) is 33.2 Å². The third-order valence-electron chi connectivity index (χ3n) is 3.44. The number of anilines is 1. The van der Waals surface area contributed by atoms with Crippen molar-refractivity contribution in [1.82, 2.24) is 0 Å². The van der Waals surface area contributed by atoms with Crippen molar-refractivity contribution in [3.63, 3.8) is 0 Å². The minimum atomic E-state index is 0.268. The Morgan fingerprint density at radius 1 is 1.11 bits per heavy atom. The van der Waals surface area contributed by atoms with E-state index >= 15 is 0 Å². The first-order chi connectivity index (χ1) is 9.10. The summed E-state index contributed by atoms with van der Waals surface area (Å²) in [4.78, 5) is 0. The molecule has 1 atom stereocenters. The summed E-state index contributed by atoms with van der Waals surface area (Å²) < 4.78 is 0. The number of benzene rings is 2.